The van der Waals surface area contributed by atoms with Gasteiger partial charge in [-0.2, -0.15) is 0 Å². The number of hydrogen-bond donors (Lipinski definition) is 1. The van der Waals surface area contributed by atoms with Crippen LogP contribution in [-0.4, -0.2) is 43.2 Å². The second-order valence-electron chi connectivity index (χ2n) is 12.9. The first-order valence-electron chi connectivity index (χ1n) is 15.6. The maximum absolute atomic E-state index is 6.26. The third-order valence-corrected chi connectivity index (χ3v) is 8.65. The largest absolute Gasteiger partial charge is 0.494 e. The summed E-state index contributed by atoms with van der Waals surface area (Å²) < 4.78 is 25.1. The van der Waals surface area contributed by atoms with Crippen molar-refractivity contribution in [1.29, 1.82) is 0 Å². The Kier molecular flexibility index (Phi) is 11.0. The molecule has 232 valence electrons. The first-order valence-corrected chi connectivity index (χ1v) is 15.6. The van der Waals surface area contributed by atoms with Crippen molar-refractivity contribution in [3.8, 4) is 0 Å². The van der Waals surface area contributed by atoms with Crippen molar-refractivity contribution in [2.75, 3.05) is 11.4 Å². The van der Waals surface area contributed by atoms with Gasteiger partial charge in [-0.25, -0.2) is 0 Å². The zero-order valence-electron chi connectivity index (χ0n) is 28.4. The van der Waals surface area contributed by atoms with Crippen LogP contribution in [0.25, 0.3) is 0 Å². The third kappa shape index (κ3) is 7.55. The first kappa shape index (κ1) is 34.9. The van der Waals surface area contributed by atoms with E-state index in [2.05, 4.69) is 140 Å². The number of hydrogen-bond acceptors (Lipinski definition) is 6. The van der Waals surface area contributed by atoms with Crippen molar-refractivity contribution in [3.63, 3.8) is 0 Å². The van der Waals surface area contributed by atoms with Gasteiger partial charge in [0.1, 0.15) is 0 Å². The normalized spacial score (nSPS) is 19.2. The molecule has 5 rings (SSSR count). The van der Waals surface area contributed by atoms with E-state index in [0.29, 0.717) is 0 Å². The summed E-state index contributed by atoms with van der Waals surface area (Å²) in [6.07, 6.45) is 0. The Labute approximate surface area is 261 Å². The molecule has 2 saturated heterocycles. The molecular weight excluding hydrogens is 534 g/mol. The minimum absolute atomic E-state index is 0.372. The number of aryl methyl sites for hydroxylation is 1. The number of benzene rings is 3. The van der Waals surface area contributed by atoms with E-state index in [0.717, 1.165) is 34.5 Å². The van der Waals surface area contributed by atoms with Gasteiger partial charge >= 0.3 is 14.2 Å². The van der Waals surface area contributed by atoms with Crippen molar-refractivity contribution < 1.29 is 18.6 Å². The summed E-state index contributed by atoms with van der Waals surface area (Å²) in [6, 6.07) is 25.5. The number of nitrogens with two attached hydrogens (primary N) is 1. The van der Waals surface area contributed by atoms with Crippen molar-refractivity contribution in [2.45, 2.75) is 105 Å². The van der Waals surface area contributed by atoms with Crippen LogP contribution >= 0.6 is 0 Å². The molecule has 0 atom stereocenters. The maximum Gasteiger partial charge on any atom is 0.494 e. The van der Waals surface area contributed by atoms with Crippen LogP contribution in [0, 0.1) is 6.92 Å². The minimum Gasteiger partial charge on any atom is -0.399 e. The lowest BCUT2D eigenvalue weighted by molar-refractivity contribution is 0.00578. The lowest BCUT2D eigenvalue weighted by atomic mass is 9.79. The molecule has 2 N–H and O–H groups in total. The highest BCUT2D eigenvalue weighted by molar-refractivity contribution is 6.62. The predicted molar refractivity (Wildman–Crippen MR) is 183 cm³/mol. The van der Waals surface area contributed by atoms with Crippen LogP contribution in [0.4, 0.5) is 17.1 Å². The summed E-state index contributed by atoms with van der Waals surface area (Å²) in [4.78, 5) is 2.25. The summed E-state index contributed by atoms with van der Waals surface area (Å²) >= 11 is 0. The van der Waals surface area contributed by atoms with Gasteiger partial charge in [0.25, 0.3) is 0 Å². The van der Waals surface area contributed by atoms with Gasteiger partial charge in [0.05, 0.1) is 22.4 Å². The van der Waals surface area contributed by atoms with E-state index < -0.39 is 0 Å². The van der Waals surface area contributed by atoms with Gasteiger partial charge in [-0.15, -0.1) is 0 Å². The van der Waals surface area contributed by atoms with Crippen LogP contribution < -0.4 is 21.6 Å². The monoisotopic (exact) mass is 586 g/mol. The first-order chi connectivity index (χ1) is 20.1. The zero-order chi connectivity index (χ0) is 32.2. The molecule has 3 aromatic rings. The van der Waals surface area contributed by atoms with Gasteiger partial charge in [-0.1, -0.05) is 62.7 Å². The summed E-state index contributed by atoms with van der Waals surface area (Å²) in [6.45, 7) is 25.4. The maximum atomic E-state index is 6.26. The molecule has 8 heteroatoms. The highest BCUT2D eigenvalue weighted by Crippen LogP contribution is 2.39. The minimum atomic E-state index is -0.388. The molecule has 2 heterocycles. The molecular formula is C35H52B2N2O4. The Morgan fingerprint density at radius 3 is 1.02 bits per heavy atom. The molecule has 0 aromatic heterocycles. The molecule has 2 aliphatic heterocycles. The summed E-state index contributed by atoms with van der Waals surface area (Å²) in [5.74, 6) is 0. The van der Waals surface area contributed by atoms with Crippen LogP contribution in [0.15, 0.2) is 72.8 Å². The van der Waals surface area contributed by atoms with E-state index in [4.69, 9.17) is 24.4 Å². The molecule has 3 aromatic carbocycles. The number of nitrogens with zero attached hydrogens (tertiary/aromatic N) is 1. The Hall–Kier alpha value is -2.61. The topological polar surface area (TPSA) is 66.2 Å². The zero-order valence-corrected chi connectivity index (χ0v) is 28.4. The predicted octanol–water partition coefficient (Wildman–Crippen LogP) is 7.05. The smallest absolute Gasteiger partial charge is 0.399 e. The standard InChI is InChI=1S/C31H39B2NO4.C2H7N.C2H6/c1-22-10-16-25(17-11-22)34(26-18-12-23(13-19-26)32-35-28(2,3)29(4,5)36-32)27-20-14-24(15-21-27)33-37-30(6,7)31(8,9)38-33;1-2-3;1-2/h10-21H,1-9H3;2-3H2,1H3;1-2H3. The molecule has 6 nitrogen and oxygen atoms in total. The van der Waals surface area contributed by atoms with E-state index >= 15 is 0 Å². The van der Waals surface area contributed by atoms with Crippen LogP contribution in [0.3, 0.4) is 0 Å². The van der Waals surface area contributed by atoms with Gasteiger partial charge in [0.15, 0.2) is 0 Å². The highest BCUT2D eigenvalue weighted by Gasteiger charge is 2.52. The van der Waals surface area contributed by atoms with Gasteiger partial charge in [-0.3, -0.25) is 0 Å². The Balaban J connectivity index is 0.000000953. The van der Waals surface area contributed by atoms with Crippen molar-refractivity contribution in [1.82, 2.24) is 0 Å². The second kappa shape index (κ2) is 13.6. The Bertz CT molecular complexity index is 1200. The molecule has 0 unspecified atom stereocenters. The lowest BCUT2D eigenvalue weighted by Crippen LogP contribution is -2.41. The molecule has 0 radical (unpaired) electrons. The lowest BCUT2D eigenvalue weighted by Gasteiger charge is -2.32. The van der Waals surface area contributed by atoms with Crippen LogP contribution in [0.2, 0.25) is 0 Å². The highest BCUT2D eigenvalue weighted by atomic mass is 16.7. The molecule has 0 bridgehead atoms. The van der Waals surface area contributed by atoms with E-state index in [1.54, 1.807) is 0 Å². The molecule has 0 aliphatic carbocycles. The van der Waals surface area contributed by atoms with E-state index in [9.17, 15) is 0 Å². The summed E-state index contributed by atoms with van der Waals surface area (Å²) in [5, 5.41) is 0. The fraction of sp³-hybridized carbons (Fsp3) is 0.486. The van der Waals surface area contributed by atoms with Crippen LogP contribution in [0.1, 0.15) is 81.7 Å². The molecule has 0 amide bonds. The quantitative estimate of drug-likeness (QED) is 0.323. The van der Waals surface area contributed by atoms with Crippen LogP contribution in [-0.2, 0) is 18.6 Å². The van der Waals surface area contributed by atoms with Gasteiger partial charge < -0.3 is 29.3 Å². The Morgan fingerprint density at radius 2 is 0.767 bits per heavy atom. The second-order valence-corrected chi connectivity index (χ2v) is 12.9. The van der Waals surface area contributed by atoms with E-state index in [1.165, 1.54) is 5.56 Å². The third-order valence-electron chi connectivity index (χ3n) is 8.65. The van der Waals surface area contributed by atoms with Crippen LogP contribution in [0.5, 0.6) is 0 Å². The molecule has 0 saturated carbocycles. The molecule has 2 fully saturated rings. The fourth-order valence-electron chi connectivity index (χ4n) is 4.66. The molecule has 43 heavy (non-hydrogen) atoms. The number of rotatable bonds is 5. The van der Waals surface area contributed by atoms with Crippen molar-refractivity contribution in [3.05, 3.63) is 78.4 Å². The summed E-state index contributed by atoms with van der Waals surface area (Å²) in [5.41, 5.74) is 9.79. The van der Waals surface area contributed by atoms with Gasteiger partial charge in [0.2, 0.25) is 0 Å². The fourth-order valence-corrected chi connectivity index (χ4v) is 4.66. The SMILES string of the molecule is CC.CCN.Cc1ccc(N(c2ccc(B3OC(C)(C)C(C)(C)O3)cc2)c2ccc(B3OC(C)(C)C(C)(C)O3)cc2)cc1. The van der Waals surface area contributed by atoms with Gasteiger partial charge in [-0.05, 0) is 116 Å². The Morgan fingerprint density at radius 1 is 0.535 bits per heavy atom. The average Bonchev–Trinajstić information content (AvgIpc) is 3.31. The average molecular weight is 586 g/mol. The van der Waals surface area contributed by atoms with Gasteiger partial charge in [0, 0.05) is 17.1 Å². The van der Waals surface area contributed by atoms with E-state index in [-0.39, 0.29) is 36.6 Å². The van der Waals surface area contributed by atoms with Crippen molar-refractivity contribution in [2.24, 2.45) is 5.73 Å². The summed E-state index contributed by atoms with van der Waals surface area (Å²) in [7, 11) is -0.776. The molecule has 0 spiro atoms. The van der Waals surface area contributed by atoms with E-state index in [1.807, 2.05) is 20.8 Å². The number of anilines is 3. The van der Waals surface area contributed by atoms with Crippen molar-refractivity contribution >= 4 is 42.2 Å². The molecule has 2 aliphatic rings.